The van der Waals surface area contributed by atoms with Gasteiger partial charge in [0, 0.05) is 6.42 Å². The fraction of sp³-hybridized carbons (Fsp3) is 0.211. The third-order valence-corrected chi connectivity index (χ3v) is 4.05. The van der Waals surface area contributed by atoms with Crippen LogP contribution >= 0.6 is 35.4 Å². The average molecular weight is 426 g/mol. The number of rotatable bonds is 7. The summed E-state index contributed by atoms with van der Waals surface area (Å²) in [5.41, 5.74) is 1.08. The highest BCUT2D eigenvalue weighted by Gasteiger charge is 2.24. The molecule has 0 spiro atoms. The van der Waals surface area contributed by atoms with Crippen LogP contribution in [-0.4, -0.2) is 29.0 Å². The zero-order chi connectivity index (χ0) is 19.8. The number of amides is 1. The molecular weight excluding hydrogens is 409 g/mol. The standard InChI is InChI=1S/C19H17Cl2NO4S/c1-2-25-18(24)16(22-17(23)14-5-3-4-6-15(14)20)11-12-7-9-13(10-8-12)26-19(21)27/h3-10,16H,2,11H2,1H3,(H,22,23). The first-order chi connectivity index (χ1) is 12.9. The zero-order valence-corrected chi connectivity index (χ0v) is 16.7. The van der Waals surface area contributed by atoms with Crippen molar-refractivity contribution in [1.29, 1.82) is 0 Å². The van der Waals surface area contributed by atoms with Crippen LogP contribution in [0.15, 0.2) is 48.5 Å². The Morgan fingerprint density at radius 3 is 2.41 bits per heavy atom. The van der Waals surface area contributed by atoms with Crippen LogP contribution in [0.4, 0.5) is 0 Å². The number of hydrogen-bond acceptors (Lipinski definition) is 5. The molecule has 0 aliphatic rings. The van der Waals surface area contributed by atoms with Gasteiger partial charge in [0.25, 0.3) is 10.4 Å². The van der Waals surface area contributed by atoms with Crippen molar-refractivity contribution in [2.24, 2.45) is 0 Å². The van der Waals surface area contributed by atoms with Gasteiger partial charge in [0.2, 0.25) is 0 Å². The predicted octanol–water partition coefficient (Wildman–Crippen LogP) is 4.15. The van der Waals surface area contributed by atoms with Crippen LogP contribution < -0.4 is 10.1 Å². The third-order valence-electron chi connectivity index (χ3n) is 3.56. The summed E-state index contributed by atoms with van der Waals surface area (Å²) in [5.74, 6) is -0.502. The molecule has 2 aromatic carbocycles. The summed E-state index contributed by atoms with van der Waals surface area (Å²) >= 11 is 16.3. The fourth-order valence-electron chi connectivity index (χ4n) is 2.34. The van der Waals surface area contributed by atoms with Crippen molar-refractivity contribution < 1.29 is 19.1 Å². The molecule has 2 aromatic rings. The Kier molecular flexibility index (Phi) is 8.03. The summed E-state index contributed by atoms with van der Waals surface area (Å²) in [7, 11) is 0. The minimum Gasteiger partial charge on any atom is -0.464 e. The average Bonchev–Trinajstić information content (AvgIpc) is 2.62. The molecule has 0 saturated carbocycles. The van der Waals surface area contributed by atoms with E-state index in [-0.39, 0.29) is 23.1 Å². The van der Waals surface area contributed by atoms with Crippen LogP contribution in [0.2, 0.25) is 5.02 Å². The van der Waals surface area contributed by atoms with Crippen molar-refractivity contribution in [3.8, 4) is 5.75 Å². The van der Waals surface area contributed by atoms with Crippen molar-refractivity contribution in [2.75, 3.05) is 6.61 Å². The second kappa shape index (κ2) is 10.3. The highest BCUT2D eigenvalue weighted by Crippen LogP contribution is 2.17. The summed E-state index contributed by atoms with van der Waals surface area (Å²) in [4.78, 5) is 24.8. The van der Waals surface area contributed by atoms with Crippen molar-refractivity contribution >= 4 is 51.8 Å². The Hall–Kier alpha value is -2.15. The van der Waals surface area contributed by atoms with Gasteiger partial charge in [-0.1, -0.05) is 35.9 Å². The molecule has 0 bridgehead atoms. The number of ether oxygens (including phenoxy) is 2. The molecule has 0 aromatic heterocycles. The second-order valence-electron chi connectivity index (χ2n) is 5.45. The quantitative estimate of drug-likeness (QED) is 0.410. The summed E-state index contributed by atoms with van der Waals surface area (Å²) in [6.07, 6.45) is 0.237. The number of carbonyl (C=O) groups is 2. The normalized spacial score (nSPS) is 11.4. The van der Waals surface area contributed by atoms with E-state index in [0.717, 1.165) is 5.56 Å². The first kappa shape index (κ1) is 21.2. The fourth-order valence-corrected chi connectivity index (χ4v) is 2.75. The highest BCUT2D eigenvalue weighted by molar-refractivity contribution is 7.82. The van der Waals surface area contributed by atoms with Gasteiger partial charge < -0.3 is 14.8 Å². The number of esters is 1. The van der Waals surface area contributed by atoms with Crippen LogP contribution in [0.3, 0.4) is 0 Å². The minimum atomic E-state index is -0.866. The van der Waals surface area contributed by atoms with Gasteiger partial charge in [0.05, 0.1) is 17.2 Å². The monoisotopic (exact) mass is 425 g/mol. The number of benzene rings is 2. The van der Waals surface area contributed by atoms with Crippen LogP contribution in [0.5, 0.6) is 5.75 Å². The maximum Gasteiger partial charge on any atom is 0.328 e. The Morgan fingerprint density at radius 1 is 1.15 bits per heavy atom. The summed E-state index contributed by atoms with van der Waals surface area (Å²) < 4.78 is 10.1. The topological polar surface area (TPSA) is 64.6 Å². The van der Waals surface area contributed by atoms with Crippen LogP contribution in [0, 0.1) is 0 Å². The molecule has 2 rings (SSSR count). The van der Waals surface area contributed by atoms with Crippen molar-refractivity contribution in [2.45, 2.75) is 19.4 Å². The molecule has 5 nitrogen and oxygen atoms in total. The van der Waals surface area contributed by atoms with E-state index in [4.69, 9.17) is 32.7 Å². The lowest BCUT2D eigenvalue weighted by atomic mass is 10.0. The van der Waals surface area contributed by atoms with E-state index in [1.165, 1.54) is 0 Å². The van der Waals surface area contributed by atoms with Crippen molar-refractivity contribution in [1.82, 2.24) is 5.32 Å². The highest BCUT2D eigenvalue weighted by atomic mass is 35.5. The van der Waals surface area contributed by atoms with Gasteiger partial charge in [-0.3, -0.25) is 4.79 Å². The van der Waals surface area contributed by atoms with Gasteiger partial charge in [0.1, 0.15) is 11.8 Å². The van der Waals surface area contributed by atoms with E-state index < -0.39 is 17.9 Å². The second-order valence-corrected chi connectivity index (χ2v) is 6.79. The smallest absolute Gasteiger partial charge is 0.328 e. The summed E-state index contributed by atoms with van der Waals surface area (Å²) in [6, 6.07) is 12.6. The number of carbonyl (C=O) groups excluding carboxylic acids is 2. The van der Waals surface area contributed by atoms with Crippen LogP contribution in [0.25, 0.3) is 0 Å². The van der Waals surface area contributed by atoms with E-state index in [0.29, 0.717) is 10.8 Å². The molecule has 142 valence electrons. The lowest BCUT2D eigenvalue weighted by molar-refractivity contribution is -0.145. The molecule has 0 aliphatic carbocycles. The molecular formula is C19H17Cl2NO4S. The SMILES string of the molecule is CCOC(=O)C(Cc1ccc(OC(=S)Cl)cc1)NC(=O)c1ccccc1Cl. The van der Waals surface area contributed by atoms with Crippen LogP contribution in [-0.2, 0) is 16.0 Å². The van der Waals surface area contributed by atoms with Gasteiger partial charge in [0.15, 0.2) is 0 Å². The number of halogens is 2. The van der Waals surface area contributed by atoms with E-state index in [1.54, 1.807) is 55.5 Å². The minimum absolute atomic E-state index is 0.112. The van der Waals surface area contributed by atoms with Gasteiger partial charge in [-0.15, -0.1) is 0 Å². The summed E-state index contributed by atoms with van der Waals surface area (Å²) in [5, 5.41) is 2.98. The van der Waals surface area contributed by atoms with Gasteiger partial charge in [-0.25, -0.2) is 4.79 Å². The zero-order valence-electron chi connectivity index (χ0n) is 14.4. The molecule has 0 heterocycles. The molecule has 1 atom stereocenters. The molecule has 0 radical (unpaired) electrons. The molecule has 0 saturated heterocycles. The Bertz CT molecular complexity index is 827. The van der Waals surface area contributed by atoms with Crippen molar-refractivity contribution in [3.05, 3.63) is 64.7 Å². The van der Waals surface area contributed by atoms with E-state index in [9.17, 15) is 9.59 Å². The maximum absolute atomic E-state index is 12.5. The first-order valence-corrected chi connectivity index (χ1v) is 9.25. The number of nitrogens with one attached hydrogen (secondary N) is 1. The van der Waals surface area contributed by atoms with Gasteiger partial charge in [-0.2, -0.15) is 0 Å². The first-order valence-electron chi connectivity index (χ1n) is 8.09. The molecule has 1 N–H and O–H groups in total. The molecule has 1 unspecified atom stereocenters. The van der Waals surface area contributed by atoms with E-state index in [2.05, 4.69) is 17.5 Å². The lowest BCUT2D eigenvalue weighted by Gasteiger charge is -2.18. The van der Waals surface area contributed by atoms with Crippen molar-refractivity contribution in [3.63, 3.8) is 0 Å². The van der Waals surface area contributed by atoms with E-state index in [1.807, 2.05) is 0 Å². The summed E-state index contributed by atoms with van der Waals surface area (Å²) in [6.45, 7) is 1.91. The number of hydrogen-bond donors (Lipinski definition) is 1. The molecule has 8 heteroatoms. The Balaban J connectivity index is 2.14. The third kappa shape index (κ3) is 6.50. The van der Waals surface area contributed by atoms with Crippen LogP contribution in [0.1, 0.15) is 22.8 Å². The lowest BCUT2D eigenvalue weighted by Crippen LogP contribution is -2.43. The molecule has 0 fully saturated rings. The molecule has 1 amide bonds. The largest absolute Gasteiger partial charge is 0.464 e. The molecule has 27 heavy (non-hydrogen) atoms. The molecule has 0 aliphatic heterocycles. The Labute approximate surface area is 172 Å². The predicted molar refractivity (Wildman–Crippen MR) is 109 cm³/mol. The van der Waals surface area contributed by atoms with Gasteiger partial charge >= 0.3 is 5.97 Å². The van der Waals surface area contributed by atoms with E-state index >= 15 is 0 Å². The number of thiocarbonyl (C=S) groups is 1. The maximum atomic E-state index is 12.5. The van der Waals surface area contributed by atoms with Gasteiger partial charge in [-0.05, 0) is 60.6 Å². The Morgan fingerprint density at radius 2 is 1.81 bits per heavy atom.